The minimum atomic E-state index is -0.370. The van der Waals surface area contributed by atoms with Crippen molar-refractivity contribution >= 4 is 36.7 Å². The van der Waals surface area contributed by atoms with Crippen molar-refractivity contribution in [3.63, 3.8) is 0 Å². The monoisotopic (exact) mass is 415 g/mol. The number of carbonyl (C=O) groups is 2. The third-order valence-corrected chi connectivity index (χ3v) is 5.53. The Morgan fingerprint density at radius 2 is 1.77 bits per heavy atom. The zero-order chi connectivity index (χ0) is 17.9. The molecule has 0 aliphatic carbocycles. The minimum absolute atomic E-state index is 0.180. The molecular weight excluding hydrogens is 401 g/mol. The zero-order valence-electron chi connectivity index (χ0n) is 13.4. The number of benzene rings is 2. The van der Waals surface area contributed by atoms with E-state index in [1.54, 1.807) is 42.5 Å². The number of hydrogen-bond donors (Lipinski definition) is 2. The fourth-order valence-electron chi connectivity index (χ4n) is 2.36. The SMILES string of the molecule is O=C(Nc1ncc(C(=O)Nc2ccc3c(c2)OCO3)[se]1)c1ccccc1. The summed E-state index contributed by atoms with van der Waals surface area (Å²) in [4.78, 5) is 28.7. The summed E-state index contributed by atoms with van der Waals surface area (Å²) in [5.41, 5.74) is 1.15. The maximum atomic E-state index is 12.4. The number of aromatic nitrogens is 1. The fourth-order valence-corrected chi connectivity index (χ4v) is 3.85. The molecule has 8 heteroatoms. The average Bonchev–Trinajstić information content (AvgIpc) is 3.31. The van der Waals surface area contributed by atoms with E-state index in [0.29, 0.717) is 31.9 Å². The summed E-state index contributed by atoms with van der Waals surface area (Å²) in [6, 6.07) is 14.1. The number of ether oxygens (including phenoxy) is 2. The molecule has 0 saturated carbocycles. The molecule has 2 amide bonds. The van der Waals surface area contributed by atoms with Crippen LogP contribution in [0, 0.1) is 0 Å². The Hall–Kier alpha value is -3.09. The molecule has 0 fully saturated rings. The topological polar surface area (TPSA) is 89.6 Å². The molecule has 4 rings (SSSR count). The molecule has 0 atom stereocenters. The molecule has 0 unspecified atom stereocenters. The van der Waals surface area contributed by atoms with Crippen LogP contribution >= 0.6 is 0 Å². The Kier molecular flexibility index (Phi) is 4.43. The second-order valence-corrected chi connectivity index (χ2v) is 7.53. The summed E-state index contributed by atoms with van der Waals surface area (Å²) in [6.45, 7) is 0.180. The number of hydrogen-bond acceptors (Lipinski definition) is 5. The average molecular weight is 414 g/mol. The molecule has 0 spiro atoms. The molecule has 0 radical (unpaired) electrons. The normalized spacial score (nSPS) is 11.8. The number of fused-ring (bicyclic) bond motifs is 1. The molecule has 1 aliphatic rings. The summed E-state index contributed by atoms with van der Waals surface area (Å²) >= 11 is -0.370. The molecule has 1 aromatic heterocycles. The molecule has 1 aliphatic heterocycles. The van der Waals surface area contributed by atoms with Gasteiger partial charge in [-0.15, -0.1) is 0 Å². The van der Waals surface area contributed by atoms with Crippen LogP contribution in [0.25, 0.3) is 0 Å². The summed E-state index contributed by atoms with van der Waals surface area (Å²) < 4.78 is 11.6. The van der Waals surface area contributed by atoms with Gasteiger partial charge in [0.05, 0.1) is 0 Å². The van der Waals surface area contributed by atoms with E-state index < -0.39 is 0 Å². The van der Waals surface area contributed by atoms with Crippen molar-refractivity contribution in [2.24, 2.45) is 0 Å². The van der Waals surface area contributed by atoms with Crippen LogP contribution in [0.1, 0.15) is 19.6 Å². The Morgan fingerprint density at radius 3 is 2.62 bits per heavy atom. The van der Waals surface area contributed by atoms with Gasteiger partial charge in [-0.3, -0.25) is 0 Å². The van der Waals surface area contributed by atoms with Crippen LogP contribution in [-0.2, 0) is 0 Å². The zero-order valence-corrected chi connectivity index (χ0v) is 15.1. The molecule has 7 nitrogen and oxygen atoms in total. The van der Waals surface area contributed by atoms with Gasteiger partial charge in [0.15, 0.2) is 0 Å². The molecule has 3 aromatic rings. The fraction of sp³-hybridized carbons (Fsp3) is 0.0556. The summed E-state index contributed by atoms with van der Waals surface area (Å²) in [5, 5.41) is 5.55. The standard InChI is InChI=1S/C18H13N3O4Se/c22-16(11-4-2-1-3-5-11)21-18-19-9-15(26-18)17(23)20-12-6-7-13-14(8-12)25-10-24-13/h1-9H,10H2,(H,20,23)(H,19,21,22). The maximum absolute atomic E-state index is 12.4. The van der Waals surface area contributed by atoms with E-state index in [1.165, 1.54) is 6.20 Å². The van der Waals surface area contributed by atoms with E-state index in [-0.39, 0.29) is 33.1 Å². The van der Waals surface area contributed by atoms with Gasteiger partial charge in [-0.25, -0.2) is 0 Å². The van der Waals surface area contributed by atoms with E-state index in [1.807, 2.05) is 6.07 Å². The molecule has 130 valence electrons. The Balaban J connectivity index is 1.42. The van der Waals surface area contributed by atoms with Crippen LogP contribution in [0.2, 0.25) is 0 Å². The van der Waals surface area contributed by atoms with Crippen LogP contribution in [0.4, 0.5) is 10.4 Å². The van der Waals surface area contributed by atoms with E-state index in [0.717, 1.165) is 0 Å². The van der Waals surface area contributed by atoms with Gasteiger partial charge in [0, 0.05) is 0 Å². The van der Waals surface area contributed by atoms with Gasteiger partial charge < -0.3 is 0 Å². The first-order valence-corrected chi connectivity index (χ1v) is 9.43. The number of anilines is 2. The van der Waals surface area contributed by atoms with Crippen LogP contribution in [-0.4, -0.2) is 38.1 Å². The summed E-state index contributed by atoms with van der Waals surface area (Å²) in [6.07, 6.45) is 1.49. The van der Waals surface area contributed by atoms with E-state index in [2.05, 4.69) is 15.6 Å². The first-order valence-electron chi connectivity index (χ1n) is 7.72. The second-order valence-electron chi connectivity index (χ2n) is 5.37. The number of carbonyl (C=O) groups excluding carboxylic acids is 2. The first kappa shape index (κ1) is 16.4. The molecular formula is C18H13N3O4Se. The Labute approximate surface area is 154 Å². The number of rotatable bonds is 4. The molecule has 26 heavy (non-hydrogen) atoms. The summed E-state index contributed by atoms with van der Waals surface area (Å²) in [5.74, 6) is 0.760. The van der Waals surface area contributed by atoms with Crippen LogP contribution in [0.3, 0.4) is 0 Å². The van der Waals surface area contributed by atoms with Crippen molar-refractivity contribution in [3.05, 3.63) is 64.7 Å². The third kappa shape index (κ3) is 3.46. The van der Waals surface area contributed by atoms with Gasteiger partial charge in [0.1, 0.15) is 0 Å². The second kappa shape index (κ2) is 7.03. The number of nitrogens with zero attached hydrogens (tertiary/aromatic N) is 1. The Bertz CT molecular complexity index is 972. The quantitative estimate of drug-likeness (QED) is 0.640. The summed E-state index contributed by atoms with van der Waals surface area (Å²) in [7, 11) is 0. The van der Waals surface area contributed by atoms with E-state index >= 15 is 0 Å². The van der Waals surface area contributed by atoms with Crippen molar-refractivity contribution in [1.82, 2.24) is 4.98 Å². The van der Waals surface area contributed by atoms with Crippen molar-refractivity contribution in [2.45, 2.75) is 0 Å². The van der Waals surface area contributed by atoms with Crippen molar-refractivity contribution in [3.8, 4) is 11.5 Å². The van der Waals surface area contributed by atoms with Gasteiger partial charge in [-0.1, -0.05) is 0 Å². The number of amides is 2. The van der Waals surface area contributed by atoms with Crippen molar-refractivity contribution < 1.29 is 19.1 Å². The van der Waals surface area contributed by atoms with Gasteiger partial charge in [0.25, 0.3) is 0 Å². The van der Waals surface area contributed by atoms with Gasteiger partial charge in [-0.2, -0.15) is 0 Å². The first-order chi connectivity index (χ1) is 12.7. The van der Waals surface area contributed by atoms with Crippen LogP contribution in [0.5, 0.6) is 11.5 Å². The molecule has 2 N–H and O–H groups in total. The van der Waals surface area contributed by atoms with Gasteiger partial charge >= 0.3 is 154 Å². The molecule has 0 bridgehead atoms. The Morgan fingerprint density at radius 1 is 0.962 bits per heavy atom. The molecule has 2 heterocycles. The van der Waals surface area contributed by atoms with E-state index in [9.17, 15) is 9.59 Å². The molecule has 2 aromatic carbocycles. The van der Waals surface area contributed by atoms with Crippen molar-refractivity contribution in [2.75, 3.05) is 17.4 Å². The third-order valence-electron chi connectivity index (χ3n) is 3.62. The predicted molar refractivity (Wildman–Crippen MR) is 96.1 cm³/mol. The van der Waals surface area contributed by atoms with Crippen molar-refractivity contribution in [1.29, 1.82) is 0 Å². The van der Waals surface area contributed by atoms with Gasteiger partial charge in [-0.05, 0) is 0 Å². The van der Waals surface area contributed by atoms with Crippen LogP contribution in [0.15, 0.2) is 54.7 Å². The van der Waals surface area contributed by atoms with Crippen LogP contribution < -0.4 is 20.1 Å². The van der Waals surface area contributed by atoms with E-state index in [4.69, 9.17) is 9.47 Å². The van der Waals surface area contributed by atoms with Gasteiger partial charge in [0.2, 0.25) is 0 Å². The predicted octanol–water partition coefficient (Wildman–Crippen LogP) is 2.37. The molecule has 0 saturated heterocycles. The number of nitrogens with one attached hydrogen (secondary N) is 2.